The molecule has 0 saturated heterocycles. The van der Waals surface area contributed by atoms with Gasteiger partial charge in [0.1, 0.15) is 10.6 Å². The fraction of sp³-hybridized carbons (Fsp3) is 0.107. The predicted molar refractivity (Wildman–Crippen MR) is 146 cm³/mol. The number of ether oxygens (including phenoxy) is 1. The molecule has 0 aliphatic rings. The van der Waals surface area contributed by atoms with Gasteiger partial charge < -0.3 is 19.6 Å². The third-order valence-corrected chi connectivity index (χ3v) is 6.14. The molecule has 0 fully saturated rings. The highest BCUT2D eigenvalue weighted by atomic mass is 35.5. The summed E-state index contributed by atoms with van der Waals surface area (Å²) in [5.74, 6) is -1.51. The van der Waals surface area contributed by atoms with Gasteiger partial charge >= 0.3 is 5.97 Å². The zero-order chi connectivity index (χ0) is 27.1. The Balaban J connectivity index is 1.62. The van der Waals surface area contributed by atoms with Crippen molar-refractivity contribution >= 4 is 52.9 Å². The van der Waals surface area contributed by atoms with Gasteiger partial charge in [-0.25, -0.2) is 10.2 Å². The molecule has 0 spiro atoms. The summed E-state index contributed by atoms with van der Waals surface area (Å²) in [7, 11) is 0. The first kappa shape index (κ1) is 26.9. The lowest BCUT2D eigenvalue weighted by Gasteiger charge is -2.26. The molecule has 3 N–H and O–H groups in total. The highest BCUT2D eigenvalue weighted by Gasteiger charge is 2.40. The Morgan fingerprint density at radius 1 is 0.974 bits per heavy atom. The Morgan fingerprint density at radius 3 is 2.11 bits per heavy atom. The van der Waals surface area contributed by atoms with E-state index in [1.807, 2.05) is 0 Å². The highest BCUT2D eigenvalue weighted by Crippen LogP contribution is 2.34. The summed E-state index contributed by atoms with van der Waals surface area (Å²) in [6.45, 7) is 1.79. The normalized spacial score (nSPS) is 11.4. The summed E-state index contributed by atoms with van der Waals surface area (Å²) in [4.78, 5) is 25.8. The van der Waals surface area contributed by atoms with Crippen LogP contribution < -0.4 is 10.7 Å². The number of hydrogen-bond acceptors (Lipinski definition) is 7. The summed E-state index contributed by atoms with van der Waals surface area (Å²) in [6, 6.07) is 23.7. The Hall–Kier alpha value is -4.11. The molecule has 3 aromatic carbocycles. The van der Waals surface area contributed by atoms with Crippen molar-refractivity contribution in [1.82, 2.24) is 5.43 Å². The third-order valence-electron chi connectivity index (χ3n) is 5.52. The molecule has 0 radical (unpaired) electrons. The Bertz CT molecular complexity index is 1400. The van der Waals surface area contributed by atoms with Gasteiger partial charge in [0.2, 0.25) is 5.88 Å². The molecule has 4 aromatic rings. The Labute approximate surface area is 228 Å². The molecular formula is C28H23Cl2N3O5. The van der Waals surface area contributed by atoms with Gasteiger partial charge in [0.05, 0.1) is 12.8 Å². The first-order valence-electron chi connectivity index (χ1n) is 11.5. The number of anilines is 2. The average Bonchev–Trinajstić information content (AvgIpc) is 3.24. The molecule has 194 valence electrons. The lowest BCUT2D eigenvalue weighted by molar-refractivity contribution is -0.136. The van der Waals surface area contributed by atoms with Gasteiger partial charge in [-0.05, 0) is 42.3 Å². The number of benzene rings is 3. The molecular weight excluding hydrogens is 529 g/mol. The minimum Gasteiger partial charge on any atom is -0.462 e. The van der Waals surface area contributed by atoms with Gasteiger partial charge in [0.15, 0.2) is 11.4 Å². The van der Waals surface area contributed by atoms with E-state index in [1.54, 1.807) is 91.9 Å². The van der Waals surface area contributed by atoms with Gasteiger partial charge in [-0.2, -0.15) is 5.10 Å². The van der Waals surface area contributed by atoms with E-state index in [-0.39, 0.29) is 28.8 Å². The number of nitrogens with zero attached hydrogens (tertiary/aromatic N) is 1. The molecule has 0 saturated carbocycles. The number of halogens is 2. The lowest BCUT2D eigenvalue weighted by Crippen LogP contribution is -2.43. The van der Waals surface area contributed by atoms with Crippen LogP contribution in [-0.2, 0) is 15.1 Å². The van der Waals surface area contributed by atoms with E-state index in [9.17, 15) is 14.7 Å². The number of esters is 1. The monoisotopic (exact) mass is 551 g/mol. The number of rotatable bonds is 9. The van der Waals surface area contributed by atoms with E-state index < -0.39 is 17.5 Å². The topological polar surface area (TPSA) is 113 Å². The molecule has 0 aliphatic carbocycles. The maximum atomic E-state index is 13.2. The SMILES string of the molecule is CCOC(=O)c1c(Nc2ccc(Cl)cc2)oc(/C=N\NC(=O)C(O)(c2ccccc2)c2ccccc2)c1Cl. The molecule has 0 unspecified atom stereocenters. The van der Waals surface area contributed by atoms with Gasteiger partial charge in [0, 0.05) is 10.7 Å². The molecule has 1 heterocycles. The van der Waals surface area contributed by atoms with E-state index in [0.717, 1.165) is 6.21 Å². The number of aliphatic hydroxyl groups is 1. The van der Waals surface area contributed by atoms with E-state index >= 15 is 0 Å². The summed E-state index contributed by atoms with van der Waals surface area (Å²) < 4.78 is 10.9. The molecule has 8 nitrogen and oxygen atoms in total. The van der Waals surface area contributed by atoms with Crippen molar-refractivity contribution in [3.8, 4) is 0 Å². The van der Waals surface area contributed by atoms with Crippen molar-refractivity contribution in [3.63, 3.8) is 0 Å². The number of nitrogens with one attached hydrogen (secondary N) is 2. The molecule has 1 aromatic heterocycles. The Morgan fingerprint density at radius 2 is 1.55 bits per heavy atom. The maximum absolute atomic E-state index is 13.2. The second-order valence-corrected chi connectivity index (χ2v) is 8.79. The van der Waals surface area contributed by atoms with Crippen LogP contribution in [0, 0.1) is 0 Å². The molecule has 0 atom stereocenters. The van der Waals surface area contributed by atoms with Crippen LogP contribution in [0.4, 0.5) is 11.6 Å². The minimum absolute atomic E-state index is 0.0190. The average molecular weight is 552 g/mol. The number of hydrogen-bond donors (Lipinski definition) is 3. The summed E-state index contributed by atoms with van der Waals surface area (Å²) >= 11 is 12.4. The third kappa shape index (κ3) is 5.73. The van der Waals surface area contributed by atoms with Crippen LogP contribution in [0.25, 0.3) is 0 Å². The summed E-state index contributed by atoms with van der Waals surface area (Å²) in [6.07, 6.45) is 1.13. The molecule has 1 amide bonds. The quantitative estimate of drug-likeness (QED) is 0.136. The van der Waals surface area contributed by atoms with Gasteiger partial charge in [-0.1, -0.05) is 83.9 Å². The van der Waals surface area contributed by atoms with Crippen molar-refractivity contribution < 1.29 is 23.8 Å². The van der Waals surface area contributed by atoms with Gasteiger partial charge in [-0.15, -0.1) is 0 Å². The maximum Gasteiger partial charge on any atom is 0.345 e. The number of amides is 1. The largest absolute Gasteiger partial charge is 0.462 e. The van der Waals surface area contributed by atoms with Crippen LogP contribution in [0.5, 0.6) is 0 Å². The summed E-state index contributed by atoms with van der Waals surface area (Å²) in [5, 5.41) is 18.9. The van der Waals surface area contributed by atoms with Crippen molar-refractivity contribution in [2.24, 2.45) is 5.10 Å². The van der Waals surface area contributed by atoms with Crippen molar-refractivity contribution in [2.45, 2.75) is 12.5 Å². The van der Waals surface area contributed by atoms with E-state index in [0.29, 0.717) is 21.8 Å². The molecule has 0 bridgehead atoms. The fourth-order valence-electron chi connectivity index (χ4n) is 3.67. The van der Waals surface area contributed by atoms with Crippen molar-refractivity contribution in [1.29, 1.82) is 0 Å². The van der Waals surface area contributed by atoms with E-state index in [1.165, 1.54) is 0 Å². The van der Waals surface area contributed by atoms with Crippen LogP contribution in [0.1, 0.15) is 34.2 Å². The zero-order valence-corrected chi connectivity index (χ0v) is 21.7. The van der Waals surface area contributed by atoms with Crippen LogP contribution in [0.3, 0.4) is 0 Å². The van der Waals surface area contributed by atoms with Crippen LogP contribution in [0.2, 0.25) is 10.0 Å². The second kappa shape index (κ2) is 12.0. The van der Waals surface area contributed by atoms with E-state index in [2.05, 4.69) is 15.8 Å². The predicted octanol–water partition coefficient (Wildman–Crippen LogP) is 5.89. The highest BCUT2D eigenvalue weighted by molar-refractivity contribution is 6.36. The Kier molecular flexibility index (Phi) is 8.48. The number of hydrazone groups is 1. The number of furan rings is 1. The smallest absolute Gasteiger partial charge is 0.345 e. The van der Waals surface area contributed by atoms with Crippen LogP contribution >= 0.6 is 23.2 Å². The van der Waals surface area contributed by atoms with Crippen molar-refractivity contribution in [2.75, 3.05) is 11.9 Å². The molecule has 4 rings (SSSR count). The summed E-state index contributed by atoms with van der Waals surface area (Å²) in [5.41, 5.74) is 1.57. The number of carbonyl (C=O) groups excluding carboxylic acids is 2. The minimum atomic E-state index is -2.02. The van der Waals surface area contributed by atoms with E-state index in [4.69, 9.17) is 32.4 Å². The second-order valence-electron chi connectivity index (χ2n) is 7.98. The lowest BCUT2D eigenvalue weighted by atomic mass is 9.85. The van der Waals surface area contributed by atoms with Gasteiger partial charge in [0.25, 0.3) is 5.91 Å². The standard InChI is InChI=1S/C28H23Cl2N3O5/c1-2-37-26(34)23-24(30)22(38-25(23)32-21-15-13-20(29)14-16-21)17-31-33-27(35)28(36,18-9-5-3-6-10-18)19-11-7-4-8-12-19/h3-17,32,36H,2H2,1H3,(H,33,35)/b31-17-. The molecule has 10 heteroatoms. The molecule has 38 heavy (non-hydrogen) atoms. The molecule has 0 aliphatic heterocycles. The van der Waals surface area contributed by atoms with Crippen LogP contribution in [-0.4, -0.2) is 29.8 Å². The zero-order valence-electron chi connectivity index (χ0n) is 20.2. The first-order valence-corrected chi connectivity index (χ1v) is 12.3. The fourth-order valence-corrected chi connectivity index (χ4v) is 4.04. The van der Waals surface area contributed by atoms with Crippen molar-refractivity contribution in [3.05, 3.63) is 117 Å². The van der Waals surface area contributed by atoms with Gasteiger partial charge in [-0.3, -0.25) is 4.79 Å². The number of carbonyl (C=O) groups is 2. The first-order chi connectivity index (χ1) is 18.3. The van der Waals surface area contributed by atoms with Crippen LogP contribution in [0.15, 0.2) is 94.4 Å².